The first kappa shape index (κ1) is 20.3. The third kappa shape index (κ3) is 3.84. The molecule has 10 heteroatoms. The van der Waals surface area contributed by atoms with Gasteiger partial charge in [0.2, 0.25) is 10.0 Å². The van der Waals surface area contributed by atoms with Crippen molar-refractivity contribution in [2.75, 3.05) is 4.72 Å². The highest BCUT2D eigenvalue weighted by molar-refractivity contribution is 7.93. The molecule has 0 bridgehead atoms. The zero-order chi connectivity index (χ0) is 22.5. The fourth-order valence-electron chi connectivity index (χ4n) is 3.67. The Bertz CT molecular complexity index is 1530. The molecule has 0 atom stereocenters. The number of nitrogens with zero attached hydrogens (tertiary/aromatic N) is 2. The quantitative estimate of drug-likeness (QED) is 0.415. The van der Waals surface area contributed by atoms with Crippen molar-refractivity contribution in [1.82, 2.24) is 19.7 Å². The molecule has 0 spiro atoms. The zero-order valence-corrected chi connectivity index (χ0v) is 18.1. The van der Waals surface area contributed by atoms with Crippen molar-refractivity contribution < 1.29 is 13.2 Å². The summed E-state index contributed by atoms with van der Waals surface area (Å²) in [5, 5.41) is 2.49. The summed E-state index contributed by atoms with van der Waals surface area (Å²) < 4.78 is 28.6. The fourth-order valence-corrected chi connectivity index (χ4v) is 5.05. The number of fused-ring (bicyclic) bond motifs is 3. The Balaban J connectivity index is 1.35. The van der Waals surface area contributed by atoms with Crippen LogP contribution in [0.2, 0.25) is 0 Å². The van der Waals surface area contributed by atoms with Crippen LogP contribution in [0, 0.1) is 6.92 Å². The average Bonchev–Trinajstić information content (AvgIpc) is 3.54. The number of anilines is 1. The van der Waals surface area contributed by atoms with Gasteiger partial charge in [-0.05, 0) is 61.7 Å². The molecule has 4 aromatic rings. The largest absolute Gasteiger partial charge is 0.346 e. The van der Waals surface area contributed by atoms with Crippen LogP contribution in [0.15, 0.2) is 53.6 Å². The number of carbonyl (C=O) groups is 1. The number of sulfonamides is 1. The highest BCUT2D eigenvalue weighted by atomic mass is 32.2. The molecule has 1 aliphatic carbocycles. The predicted octanol–water partition coefficient (Wildman–Crippen LogP) is 2.32. The van der Waals surface area contributed by atoms with Crippen LogP contribution in [0.3, 0.4) is 0 Å². The third-order valence-corrected chi connectivity index (χ3v) is 7.30. The van der Waals surface area contributed by atoms with Gasteiger partial charge in [-0.15, -0.1) is 0 Å². The highest BCUT2D eigenvalue weighted by Gasteiger charge is 2.35. The van der Waals surface area contributed by atoms with Crippen molar-refractivity contribution in [1.29, 1.82) is 0 Å². The Hall–Kier alpha value is -3.66. The van der Waals surface area contributed by atoms with Gasteiger partial charge in [-0.25, -0.2) is 8.42 Å². The topological polar surface area (TPSA) is 125 Å². The Kier molecular flexibility index (Phi) is 4.74. The number of aromatic amines is 1. The minimum atomic E-state index is -3.36. The van der Waals surface area contributed by atoms with E-state index in [0.29, 0.717) is 40.8 Å². The molecule has 32 heavy (non-hydrogen) atoms. The lowest BCUT2D eigenvalue weighted by Gasteiger charge is -2.10. The number of pyridine rings is 1. The molecule has 3 N–H and O–H groups in total. The molecule has 1 fully saturated rings. The number of nitrogens with one attached hydrogen (secondary N) is 3. The van der Waals surface area contributed by atoms with E-state index in [1.807, 2.05) is 13.1 Å². The van der Waals surface area contributed by atoms with Crippen LogP contribution in [0.1, 0.15) is 34.5 Å². The fraction of sp³-hybridized carbons (Fsp3) is 0.227. The Morgan fingerprint density at radius 2 is 2.00 bits per heavy atom. The number of aromatic nitrogens is 3. The predicted molar refractivity (Wildman–Crippen MR) is 121 cm³/mol. The van der Waals surface area contributed by atoms with Crippen LogP contribution in [0.4, 0.5) is 5.69 Å². The highest BCUT2D eigenvalue weighted by Crippen LogP contribution is 2.29. The van der Waals surface area contributed by atoms with Gasteiger partial charge in [0.1, 0.15) is 5.52 Å². The second kappa shape index (κ2) is 7.49. The van der Waals surface area contributed by atoms with E-state index in [1.54, 1.807) is 40.8 Å². The van der Waals surface area contributed by atoms with E-state index in [0.717, 1.165) is 11.1 Å². The summed E-state index contributed by atoms with van der Waals surface area (Å²) in [6, 6.07) is 10.0. The number of rotatable bonds is 6. The van der Waals surface area contributed by atoms with Crippen molar-refractivity contribution in [2.45, 2.75) is 31.6 Å². The van der Waals surface area contributed by atoms with E-state index in [2.05, 4.69) is 20.0 Å². The average molecular weight is 452 g/mol. The molecule has 3 aromatic heterocycles. The zero-order valence-electron chi connectivity index (χ0n) is 17.3. The van der Waals surface area contributed by atoms with E-state index in [-0.39, 0.29) is 23.3 Å². The lowest BCUT2D eigenvalue weighted by molar-refractivity contribution is 0.0950. The molecule has 1 saturated carbocycles. The maximum Gasteiger partial charge on any atom is 0.272 e. The lowest BCUT2D eigenvalue weighted by Crippen LogP contribution is -2.24. The van der Waals surface area contributed by atoms with Crippen molar-refractivity contribution in [3.63, 3.8) is 0 Å². The molecular formula is C22H21N5O4S. The van der Waals surface area contributed by atoms with Crippen LogP contribution in [-0.2, 0) is 16.6 Å². The molecule has 0 aliphatic heterocycles. The van der Waals surface area contributed by atoms with Crippen molar-refractivity contribution in [3.8, 4) is 0 Å². The lowest BCUT2D eigenvalue weighted by atomic mass is 10.1. The molecule has 0 unspecified atom stereocenters. The molecule has 0 saturated heterocycles. The van der Waals surface area contributed by atoms with E-state index in [4.69, 9.17) is 0 Å². The van der Waals surface area contributed by atoms with E-state index in [1.165, 1.54) is 6.20 Å². The summed E-state index contributed by atoms with van der Waals surface area (Å²) in [5.74, 6) is -0.305. The van der Waals surface area contributed by atoms with Crippen LogP contribution in [0.25, 0.3) is 16.6 Å². The van der Waals surface area contributed by atoms with Gasteiger partial charge in [0.25, 0.3) is 11.5 Å². The first-order valence-electron chi connectivity index (χ1n) is 10.2. The first-order chi connectivity index (χ1) is 15.3. The summed E-state index contributed by atoms with van der Waals surface area (Å²) in [6.45, 7) is 2.04. The van der Waals surface area contributed by atoms with Crippen molar-refractivity contribution in [2.24, 2.45) is 0 Å². The maximum atomic E-state index is 12.7. The summed E-state index contributed by atoms with van der Waals surface area (Å²) in [6.07, 6.45) is 4.71. The van der Waals surface area contributed by atoms with E-state index in [9.17, 15) is 18.0 Å². The van der Waals surface area contributed by atoms with Gasteiger partial charge in [-0.3, -0.25) is 19.3 Å². The van der Waals surface area contributed by atoms with Crippen LogP contribution < -0.4 is 15.6 Å². The second-order valence-corrected chi connectivity index (χ2v) is 9.98. The molecule has 164 valence electrons. The van der Waals surface area contributed by atoms with Gasteiger partial charge in [-0.1, -0.05) is 0 Å². The van der Waals surface area contributed by atoms with Gasteiger partial charge in [0.05, 0.1) is 34.2 Å². The number of carbonyl (C=O) groups excluding carboxylic acids is 1. The van der Waals surface area contributed by atoms with Crippen LogP contribution in [-0.4, -0.2) is 33.9 Å². The second-order valence-electron chi connectivity index (χ2n) is 8.02. The third-order valence-electron chi connectivity index (χ3n) is 5.43. The minimum Gasteiger partial charge on any atom is -0.346 e. The number of benzene rings is 1. The van der Waals surface area contributed by atoms with Gasteiger partial charge in [-0.2, -0.15) is 0 Å². The Morgan fingerprint density at radius 1 is 1.19 bits per heavy atom. The molecular weight excluding hydrogens is 430 g/mol. The van der Waals surface area contributed by atoms with Gasteiger partial charge < -0.3 is 14.7 Å². The summed E-state index contributed by atoms with van der Waals surface area (Å²) in [4.78, 5) is 32.0. The summed E-state index contributed by atoms with van der Waals surface area (Å²) >= 11 is 0. The summed E-state index contributed by atoms with van der Waals surface area (Å²) in [5.41, 5.74) is 4.01. The number of hydrogen-bond donors (Lipinski definition) is 3. The maximum absolute atomic E-state index is 12.7. The molecule has 3 heterocycles. The van der Waals surface area contributed by atoms with Gasteiger partial charge in [0, 0.05) is 18.0 Å². The molecule has 1 amide bonds. The molecule has 0 radical (unpaired) electrons. The van der Waals surface area contributed by atoms with Crippen LogP contribution in [0.5, 0.6) is 0 Å². The number of hydrogen-bond acceptors (Lipinski definition) is 5. The van der Waals surface area contributed by atoms with E-state index >= 15 is 0 Å². The van der Waals surface area contributed by atoms with Gasteiger partial charge in [0.15, 0.2) is 0 Å². The molecule has 1 aliphatic rings. The smallest absolute Gasteiger partial charge is 0.272 e. The number of aryl methyl sites for hydroxylation is 1. The first-order valence-corrected chi connectivity index (χ1v) is 11.7. The normalized spacial score (nSPS) is 14.0. The van der Waals surface area contributed by atoms with Gasteiger partial charge >= 0.3 is 0 Å². The van der Waals surface area contributed by atoms with Crippen LogP contribution >= 0.6 is 0 Å². The minimum absolute atomic E-state index is 0.138. The monoisotopic (exact) mass is 451 g/mol. The Morgan fingerprint density at radius 3 is 2.78 bits per heavy atom. The van der Waals surface area contributed by atoms with E-state index < -0.39 is 10.0 Å². The number of amides is 1. The SMILES string of the molecule is Cc1cc2c(=O)[nH]c3ccc(C(=O)NCc4cc(NS(=O)(=O)C5CC5)ccn4)cc3n2c1. The molecule has 1 aromatic carbocycles. The summed E-state index contributed by atoms with van der Waals surface area (Å²) in [7, 11) is -3.36. The van der Waals surface area contributed by atoms with Crippen molar-refractivity contribution >= 4 is 38.2 Å². The molecule has 5 rings (SSSR count). The molecule has 9 nitrogen and oxygen atoms in total. The standard InChI is InChI=1S/C22H21N5O4S/c1-13-8-20-22(29)25-18-5-2-14(9-19(18)27(20)12-13)21(28)24-11-16-10-15(6-7-23-16)26-32(30,31)17-3-4-17/h2,5-10,12,17H,3-4,11H2,1H3,(H,23,26)(H,24,28)(H,25,29). The Labute approximate surface area is 183 Å². The number of H-pyrrole nitrogens is 1. The van der Waals surface area contributed by atoms with Crippen molar-refractivity contribution in [3.05, 3.63) is 76.0 Å².